The molecule has 0 aliphatic rings. The number of benzene rings is 2. The lowest BCUT2D eigenvalue weighted by Crippen LogP contribution is -2.77. The predicted octanol–water partition coefficient (Wildman–Crippen LogP) is 3.51. The molecule has 18 nitrogen and oxygen atoms in total. The van der Waals surface area contributed by atoms with E-state index in [0.29, 0.717) is 22.8 Å². The maximum atomic E-state index is 15.0. The number of carbonyl (C=O) groups is 5. The van der Waals surface area contributed by atoms with Gasteiger partial charge in [-0.15, -0.1) is 0 Å². The molecule has 0 aliphatic carbocycles. The van der Waals surface area contributed by atoms with Crippen molar-refractivity contribution in [3.8, 4) is 5.75 Å². The summed E-state index contributed by atoms with van der Waals surface area (Å²) in [7, 11) is 2.32. The van der Waals surface area contributed by atoms with Gasteiger partial charge in [0.25, 0.3) is 5.69 Å². The number of para-hydroxylation sites is 1. The number of methoxy groups -OCH3 is 2. The number of nitrogens with zero attached hydrogens (tertiary/aromatic N) is 3. The van der Waals surface area contributed by atoms with Crippen molar-refractivity contribution < 1.29 is 48.2 Å². The van der Waals surface area contributed by atoms with Gasteiger partial charge in [-0.3, -0.25) is 24.5 Å². The number of imidazole rings is 1. The Balaban J connectivity index is 2.60. The zero-order chi connectivity index (χ0) is 42.9. The molecule has 3 aromatic rings. The highest BCUT2D eigenvalue weighted by Crippen LogP contribution is 2.52. The molecule has 0 saturated heterocycles. The third kappa shape index (κ3) is 9.57. The molecule has 5 atom stereocenters. The number of carbonyl (C=O) groups excluding carboxylic acids is 5. The number of aliphatic hydroxyl groups is 1. The second-order valence-electron chi connectivity index (χ2n) is 14.8. The van der Waals surface area contributed by atoms with Gasteiger partial charge in [0.2, 0.25) is 23.3 Å². The van der Waals surface area contributed by atoms with Crippen LogP contribution in [0.4, 0.5) is 10.5 Å². The number of rotatable bonds is 17. The molecule has 0 radical (unpaired) electrons. The van der Waals surface area contributed by atoms with Crippen LogP contribution in [0, 0.1) is 10.1 Å². The number of unbranched alkanes of at least 4 members (excludes halogenated alkanes) is 1. The van der Waals surface area contributed by atoms with Crippen LogP contribution in [-0.2, 0) is 46.2 Å². The van der Waals surface area contributed by atoms with Crippen molar-refractivity contribution in [1.82, 2.24) is 25.5 Å². The van der Waals surface area contributed by atoms with Gasteiger partial charge in [0.05, 0.1) is 48.3 Å². The largest absolute Gasteiger partial charge is 0.497 e. The van der Waals surface area contributed by atoms with E-state index < -0.39 is 80.3 Å². The second kappa shape index (κ2) is 18.4. The summed E-state index contributed by atoms with van der Waals surface area (Å²) < 4.78 is 16.4. The average molecular weight is 796 g/mol. The van der Waals surface area contributed by atoms with Gasteiger partial charge in [0.15, 0.2) is 0 Å². The Morgan fingerprint density at radius 1 is 1.02 bits per heavy atom. The predicted molar refractivity (Wildman–Crippen MR) is 206 cm³/mol. The van der Waals surface area contributed by atoms with Crippen molar-refractivity contribution in [3.05, 3.63) is 88.0 Å². The summed E-state index contributed by atoms with van der Waals surface area (Å²) in [6.45, 7) is 10.0. The molecule has 2 unspecified atom stereocenters. The van der Waals surface area contributed by atoms with E-state index in [-0.39, 0.29) is 24.8 Å². The van der Waals surface area contributed by atoms with Crippen LogP contribution in [0.1, 0.15) is 84.5 Å². The maximum Gasteiger partial charge on any atom is 0.418 e. The minimum atomic E-state index is -3.20. The Morgan fingerprint density at radius 2 is 1.65 bits per heavy atom. The number of hydrogen-bond acceptors (Lipinski definition) is 13. The van der Waals surface area contributed by atoms with Crippen molar-refractivity contribution in [3.63, 3.8) is 0 Å². The summed E-state index contributed by atoms with van der Waals surface area (Å²) in [5.41, 5.74) is -5.06. The van der Waals surface area contributed by atoms with E-state index in [1.807, 2.05) is 0 Å². The third-order valence-corrected chi connectivity index (χ3v) is 9.61. The number of H-pyrrole nitrogens is 1. The summed E-state index contributed by atoms with van der Waals surface area (Å²) in [4.78, 5) is 91.1. The van der Waals surface area contributed by atoms with Crippen LogP contribution in [0.15, 0.2) is 61.1 Å². The van der Waals surface area contributed by atoms with Gasteiger partial charge in [-0.25, -0.2) is 19.5 Å². The van der Waals surface area contributed by atoms with Crippen LogP contribution >= 0.6 is 0 Å². The monoisotopic (exact) mass is 795 g/mol. The maximum absolute atomic E-state index is 15.0. The first kappa shape index (κ1) is 45.5. The molecule has 3 rings (SSSR count). The normalized spacial score (nSPS) is 15.6. The van der Waals surface area contributed by atoms with E-state index in [4.69, 9.17) is 19.9 Å². The van der Waals surface area contributed by atoms with Crippen molar-refractivity contribution in [2.75, 3.05) is 14.2 Å². The van der Waals surface area contributed by atoms with E-state index in [1.165, 1.54) is 90.7 Å². The summed E-state index contributed by atoms with van der Waals surface area (Å²) in [5.74, 6) is -3.88. The number of nitrogens with one attached hydrogen (secondary N) is 3. The number of imide groups is 1. The number of hydrogen-bond donors (Lipinski definition) is 5. The van der Waals surface area contributed by atoms with Crippen LogP contribution in [0.2, 0.25) is 0 Å². The molecule has 0 aliphatic heterocycles. The Kier molecular flexibility index (Phi) is 14.7. The quantitative estimate of drug-likeness (QED) is 0.0746. The fourth-order valence-corrected chi connectivity index (χ4v) is 6.48. The number of nitro benzene ring substituents is 1. The average Bonchev–Trinajstić information content (AvgIpc) is 3.67. The lowest BCUT2D eigenvalue weighted by molar-refractivity contribution is -0.386. The molecule has 0 spiro atoms. The number of aromatic nitrogens is 2. The van der Waals surface area contributed by atoms with Gasteiger partial charge in [-0.05, 0) is 71.7 Å². The molecule has 0 saturated carbocycles. The first-order valence-electron chi connectivity index (χ1n) is 18.2. The lowest BCUT2D eigenvalue weighted by Gasteiger charge is -2.55. The Bertz CT molecular complexity index is 1910. The highest BCUT2D eigenvalue weighted by Gasteiger charge is 2.72. The van der Waals surface area contributed by atoms with Gasteiger partial charge in [0, 0.05) is 25.1 Å². The van der Waals surface area contributed by atoms with Crippen LogP contribution in [0.5, 0.6) is 5.75 Å². The highest BCUT2D eigenvalue weighted by molar-refractivity contribution is 6.01. The SMILES string of the molecule is CCCCC(=O)N(C(=O)OC(C)(C)C)[C@@](C(=O)OC)(c1ccccc1[N+](=O)[O-])C(C)(O)[C@@](C)(NC(=O)[C@H](Cc1c[nH]cn1)NC(=O)C(C)N)c1ccc(OC)cc1. The van der Waals surface area contributed by atoms with Crippen LogP contribution in [0.3, 0.4) is 0 Å². The molecular weight excluding hydrogens is 742 g/mol. The fraction of sp³-hybridized carbons (Fsp3) is 0.487. The number of amides is 4. The van der Waals surface area contributed by atoms with Crippen molar-refractivity contribution in [2.45, 2.75) is 109 Å². The molecule has 18 heteroatoms. The number of esters is 1. The highest BCUT2D eigenvalue weighted by atomic mass is 16.6. The molecule has 1 heterocycles. The fourth-order valence-electron chi connectivity index (χ4n) is 6.48. The molecule has 2 aromatic carbocycles. The van der Waals surface area contributed by atoms with E-state index in [1.54, 1.807) is 6.92 Å². The first-order valence-corrected chi connectivity index (χ1v) is 18.2. The van der Waals surface area contributed by atoms with Gasteiger partial charge in [-0.1, -0.05) is 37.6 Å². The summed E-state index contributed by atoms with van der Waals surface area (Å²) >= 11 is 0. The van der Waals surface area contributed by atoms with Crippen molar-refractivity contribution >= 4 is 35.5 Å². The smallest absolute Gasteiger partial charge is 0.418 e. The molecule has 1 aromatic heterocycles. The van der Waals surface area contributed by atoms with Gasteiger partial charge in [-0.2, -0.15) is 0 Å². The molecule has 57 heavy (non-hydrogen) atoms. The summed E-state index contributed by atoms with van der Waals surface area (Å²) in [5, 5.41) is 31.8. The second-order valence-corrected chi connectivity index (χ2v) is 14.8. The van der Waals surface area contributed by atoms with Crippen molar-refractivity contribution in [2.24, 2.45) is 5.73 Å². The zero-order valence-corrected chi connectivity index (χ0v) is 33.7. The number of ether oxygens (including phenoxy) is 3. The van der Waals surface area contributed by atoms with Crippen LogP contribution in [-0.4, -0.2) is 92.2 Å². The van der Waals surface area contributed by atoms with E-state index in [9.17, 15) is 39.2 Å². The molecule has 0 fully saturated rings. The lowest BCUT2D eigenvalue weighted by atomic mass is 9.61. The van der Waals surface area contributed by atoms with Gasteiger partial charge >= 0.3 is 12.1 Å². The number of nitrogens with two attached hydrogens (primary N) is 1. The van der Waals surface area contributed by atoms with Crippen LogP contribution in [0.25, 0.3) is 0 Å². The van der Waals surface area contributed by atoms with Gasteiger partial charge < -0.3 is 40.7 Å². The Morgan fingerprint density at radius 3 is 2.16 bits per heavy atom. The molecular formula is C39H53N7O11. The first-order chi connectivity index (χ1) is 26.6. The Hall–Kier alpha value is -5.88. The van der Waals surface area contributed by atoms with E-state index in [2.05, 4.69) is 20.6 Å². The van der Waals surface area contributed by atoms with Crippen LogP contribution < -0.4 is 21.1 Å². The summed E-state index contributed by atoms with van der Waals surface area (Å²) in [6.07, 6.45) is 1.47. The van der Waals surface area contributed by atoms with E-state index in [0.717, 1.165) is 26.2 Å². The minimum absolute atomic E-state index is 0.0516. The van der Waals surface area contributed by atoms with Gasteiger partial charge in [0.1, 0.15) is 23.0 Å². The Labute approximate surface area is 331 Å². The minimum Gasteiger partial charge on any atom is -0.497 e. The molecule has 310 valence electrons. The molecule has 4 amide bonds. The van der Waals surface area contributed by atoms with E-state index >= 15 is 0 Å². The van der Waals surface area contributed by atoms with Crippen molar-refractivity contribution in [1.29, 1.82) is 0 Å². The number of aromatic amines is 1. The standard InChI is InChI=1S/C39H53N7O11/c1-10-11-16-31(47)45(35(51)57-36(3,4)5)39(34(50)56-9,28-14-12-13-15-30(28)46(53)54)38(7,52)37(6,25-17-19-27(55-8)20-18-25)44-33(49)29(43-32(48)24(2)40)21-26-22-41-23-42-26/h12-15,17-20,22-24,29,52H,10-11,16,21,40H2,1-9H3,(H,41,42)(H,43,48)(H,44,49)/t24?,29-,37-,38?,39+/m0/s1. The molecule has 6 N–H and O–H groups in total. The number of nitro groups is 1. The molecule has 0 bridgehead atoms. The topological polar surface area (TPSA) is 258 Å². The zero-order valence-electron chi connectivity index (χ0n) is 33.7. The third-order valence-electron chi connectivity index (χ3n) is 9.61. The summed E-state index contributed by atoms with van der Waals surface area (Å²) in [6, 6.07) is 8.10.